The highest BCUT2D eigenvalue weighted by atomic mass is 32.2. The van der Waals surface area contributed by atoms with Gasteiger partial charge in [0.05, 0.1) is 10.5 Å². The minimum atomic E-state index is -3.86. The van der Waals surface area contributed by atoms with Crippen molar-refractivity contribution in [2.45, 2.75) is 31.7 Å². The summed E-state index contributed by atoms with van der Waals surface area (Å²) in [7, 11) is -4.99. The molecular formula is C13H19NO5S2. The van der Waals surface area contributed by atoms with Crippen LogP contribution in [0.5, 0.6) is 0 Å². The first-order valence-electron chi connectivity index (χ1n) is 6.21. The third kappa shape index (κ3) is 4.62. The van der Waals surface area contributed by atoms with E-state index in [-0.39, 0.29) is 16.2 Å². The van der Waals surface area contributed by atoms with Crippen LogP contribution in [-0.4, -0.2) is 41.8 Å². The number of sulfonamides is 1. The third-order valence-electron chi connectivity index (χ3n) is 3.00. The minimum Gasteiger partial charge on any atom is -0.478 e. The fraction of sp³-hybridized carbons (Fsp3) is 0.462. The summed E-state index contributed by atoms with van der Waals surface area (Å²) in [5.74, 6) is -0.993. The molecule has 118 valence electrons. The molecule has 1 rings (SSSR count). The molecule has 2 atom stereocenters. The average molecular weight is 333 g/mol. The standard InChI is InChI=1S/C13H19NO5S2/c1-8-5-11(13(15)16)6-12(10(8)3)21(18,19)14-9(2)7-20(4)17/h5-6,9,14H,7H2,1-4H3,(H,15,16). The van der Waals surface area contributed by atoms with E-state index in [1.54, 1.807) is 20.8 Å². The lowest BCUT2D eigenvalue weighted by atomic mass is 10.1. The smallest absolute Gasteiger partial charge is 0.335 e. The topological polar surface area (TPSA) is 101 Å². The first-order valence-corrected chi connectivity index (χ1v) is 9.42. The van der Waals surface area contributed by atoms with E-state index in [1.807, 2.05) is 0 Å². The highest BCUT2D eigenvalue weighted by Gasteiger charge is 2.22. The van der Waals surface area contributed by atoms with Crippen LogP contribution in [-0.2, 0) is 20.8 Å². The number of nitrogens with one attached hydrogen (secondary N) is 1. The molecule has 0 aromatic heterocycles. The molecule has 8 heteroatoms. The second-order valence-corrected chi connectivity index (χ2v) is 8.15. The fourth-order valence-electron chi connectivity index (χ4n) is 1.94. The van der Waals surface area contributed by atoms with E-state index in [4.69, 9.17) is 5.11 Å². The summed E-state index contributed by atoms with van der Waals surface area (Å²) in [5.41, 5.74) is 1.00. The van der Waals surface area contributed by atoms with Crippen LogP contribution in [0.1, 0.15) is 28.4 Å². The summed E-state index contributed by atoms with van der Waals surface area (Å²) in [6.45, 7) is 4.89. The Morgan fingerprint density at radius 3 is 2.43 bits per heavy atom. The van der Waals surface area contributed by atoms with Crippen molar-refractivity contribution in [3.8, 4) is 0 Å². The molecule has 0 fully saturated rings. The lowest BCUT2D eigenvalue weighted by molar-refractivity contribution is 0.0696. The molecule has 2 unspecified atom stereocenters. The van der Waals surface area contributed by atoms with Crippen molar-refractivity contribution in [2.75, 3.05) is 12.0 Å². The maximum absolute atomic E-state index is 12.4. The van der Waals surface area contributed by atoms with Crippen molar-refractivity contribution in [1.82, 2.24) is 4.72 Å². The molecule has 0 saturated carbocycles. The normalized spacial score (nSPS) is 14.7. The van der Waals surface area contributed by atoms with Gasteiger partial charge in [0.15, 0.2) is 0 Å². The van der Waals surface area contributed by atoms with Crippen LogP contribution < -0.4 is 4.72 Å². The second-order valence-electron chi connectivity index (χ2n) is 4.98. The zero-order valence-electron chi connectivity index (χ0n) is 12.3. The number of hydrogen-bond donors (Lipinski definition) is 2. The highest BCUT2D eigenvalue weighted by molar-refractivity contribution is 7.89. The predicted octanol–water partition coefficient (Wildman–Crippen LogP) is 1.05. The Morgan fingerprint density at radius 1 is 1.38 bits per heavy atom. The number of carboxylic acid groups (broad SMARTS) is 1. The van der Waals surface area contributed by atoms with Gasteiger partial charge < -0.3 is 5.11 Å². The molecule has 0 amide bonds. The largest absolute Gasteiger partial charge is 0.478 e. The summed E-state index contributed by atoms with van der Waals surface area (Å²) in [6.07, 6.45) is 1.49. The predicted molar refractivity (Wildman–Crippen MR) is 81.6 cm³/mol. The molecule has 0 radical (unpaired) electrons. The first kappa shape index (κ1) is 17.8. The number of hydrogen-bond acceptors (Lipinski definition) is 4. The molecule has 1 aromatic rings. The fourth-order valence-corrected chi connectivity index (χ4v) is 4.42. The van der Waals surface area contributed by atoms with E-state index >= 15 is 0 Å². The number of aromatic carboxylic acids is 1. The van der Waals surface area contributed by atoms with Crippen LogP contribution in [0.2, 0.25) is 0 Å². The van der Waals surface area contributed by atoms with Crippen LogP contribution >= 0.6 is 0 Å². The van der Waals surface area contributed by atoms with E-state index in [9.17, 15) is 17.4 Å². The Hall–Kier alpha value is -1.25. The molecule has 0 bridgehead atoms. The van der Waals surface area contributed by atoms with Crippen LogP contribution in [0.15, 0.2) is 17.0 Å². The molecule has 0 heterocycles. The summed E-state index contributed by atoms with van der Waals surface area (Å²) in [5, 5.41) is 9.04. The lowest BCUT2D eigenvalue weighted by Crippen LogP contribution is -2.36. The number of rotatable bonds is 6. The van der Waals surface area contributed by atoms with Gasteiger partial charge in [0.1, 0.15) is 0 Å². The Bertz CT molecular complexity index is 682. The highest BCUT2D eigenvalue weighted by Crippen LogP contribution is 2.21. The van der Waals surface area contributed by atoms with Crippen LogP contribution in [0.3, 0.4) is 0 Å². The van der Waals surface area contributed by atoms with Crippen LogP contribution in [0, 0.1) is 13.8 Å². The molecule has 1 aromatic carbocycles. The van der Waals surface area contributed by atoms with Gasteiger partial charge in [-0.2, -0.15) is 0 Å². The SMILES string of the molecule is Cc1cc(C(=O)O)cc(S(=O)(=O)NC(C)CS(C)=O)c1C. The lowest BCUT2D eigenvalue weighted by Gasteiger charge is -2.16. The van der Waals surface area contributed by atoms with Gasteiger partial charge in [0, 0.05) is 28.9 Å². The quantitative estimate of drug-likeness (QED) is 0.810. The third-order valence-corrected chi connectivity index (χ3v) is 5.68. The molecule has 6 nitrogen and oxygen atoms in total. The van der Waals surface area contributed by atoms with Crippen LogP contribution in [0.25, 0.3) is 0 Å². The van der Waals surface area contributed by atoms with Crippen molar-refractivity contribution < 1.29 is 22.5 Å². The Kier molecular flexibility index (Phi) is 5.66. The van der Waals surface area contributed by atoms with E-state index in [2.05, 4.69) is 4.72 Å². The zero-order valence-corrected chi connectivity index (χ0v) is 14.0. The minimum absolute atomic E-state index is 0.0614. The summed E-state index contributed by atoms with van der Waals surface area (Å²) in [4.78, 5) is 11.0. The maximum Gasteiger partial charge on any atom is 0.335 e. The van der Waals surface area contributed by atoms with E-state index in [0.717, 1.165) is 6.07 Å². The van der Waals surface area contributed by atoms with Crippen LogP contribution in [0.4, 0.5) is 0 Å². The molecule has 0 saturated heterocycles. The van der Waals surface area contributed by atoms with Gasteiger partial charge in [-0.15, -0.1) is 0 Å². The molecular weight excluding hydrogens is 314 g/mol. The zero-order chi connectivity index (χ0) is 16.4. The van der Waals surface area contributed by atoms with Gasteiger partial charge in [-0.1, -0.05) is 0 Å². The van der Waals surface area contributed by atoms with Gasteiger partial charge in [-0.05, 0) is 44.0 Å². The molecule has 0 aliphatic rings. The van der Waals surface area contributed by atoms with E-state index in [1.165, 1.54) is 12.3 Å². The van der Waals surface area contributed by atoms with Gasteiger partial charge >= 0.3 is 5.97 Å². The Morgan fingerprint density at radius 2 is 1.95 bits per heavy atom. The molecule has 0 aliphatic carbocycles. The van der Waals surface area contributed by atoms with Crippen molar-refractivity contribution in [3.05, 3.63) is 28.8 Å². The van der Waals surface area contributed by atoms with Gasteiger partial charge in [0.2, 0.25) is 10.0 Å². The van der Waals surface area contributed by atoms with Gasteiger partial charge in [0.25, 0.3) is 0 Å². The number of benzene rings is 1. The van der Waals surface area contributed by atoms with Crippen molar-refractivity contribution in [2.24, 2.45) is 0 Å². The monoisotopic (exact) mass is 333 g/mol. The number of aryl methyl sites for hydroxylation is 1. The molecule has 21 heavy (non-hydrogen) atoms. The average Bonchev–Trinajstić information content (AvgIpc) is 2.29. The Labute approximate surface area is 127 Å². The Balaban J connectivity index is 3.25. The summed E-state index contributed by atoms with van der Waals surface area (Å²) in [6, 6.07) is 2.07. The first-order chi connectivity index (χ1) is 9.54. The van der Waals surface area contributed by atoms with Crippen molar-refractivity contribution >= 4 is 26.8 Å². The second kappa shape index (κ2) is 6.67. The maximum atomic E-state index is 12.4. The van der Waals surface area contributed by atoms with Crippen molar-refractivity contribution in [3.63, 3.8) is 0 Å². The van der Waals surface area contributed by atoms with Gasteiger partial charge in [-0.3, -0.25) is 4.21 Å². The molecule has 0 aliphatic heterocycles. The molecule has 2 N–H and O–H groups in total. The van der Waals surface area contributed by atoms with Crippen molar-refractivity contribution in [1.29, 1.82) is 0 Å². The summed E-state index contributed by atoms with van der Waals surface area (Å²) >= 11 is 0. The summed E-state index contributed by atoms with van der Waals surface area (Å²) < 4.78 is 38.3. The number of carboxylic acids is 1. The van der Waals surface area contributed by atoms with E-state index in [0.29, 0.717) is 11.1 Å². The van der Waals surface area contributed by atoms with Gasteiger partial charge in [-0.25, -0.2) is 17.9 Å². The number of carbonyl (C=O) groups is 1. The van der Waals surface area contributed by atoms with E-state index < -0.39 is 32.8 Å². The molecule has 0 spiro atoms.